The molecule has 0 saturated heterocycles. The van der Waals surface area contributed by atoms with Crippen molar-refractivity contribution in [2.24, 2.45) is 0 Å². The van der Waals surface area contributed by atoms with E-state index in [-0.39, 0.29) is 6.61 Å². The normalized spacial score (nSPS) is 13.5. The van der Waals surface area contributed by atoms with Crippen LogP contribution in [0.5, 0.6) is 0 Å². The molecule has 0 aliphatic rings. The number of carbonyl (C=O) groups is 2. The summed E-state index contributed by atoms with van der Waals surface area (Å²) in [7, 11) is 0. The van der Waals surface area contributed by atoms with Crippen LogP contribution < -0.4 is 0 Å². The van der Waals surface area contributed by atoms with Gasteiger partial charge < -0.3 is 9.84 Å². The summed E-state index contributed by atoms with van der Waals surface area (Å²) in [4.78, 5) is 25.7. The molecule has 0 radical (unpaired) electrons. The van der Waals surface area contributed by atoms with Crippen LogP contribution >= 0.6 is 0 Å². The summed E-state index contributed by atoms with van der Waals surface area (Å²) in [6.45, 7) is 8.44. The second kappa shape index (κ2) is 11.3. The molecule has 0 aliphatic heterocycles. The second-order valence-corrected chi connectivity index (χ2v) is 5.71. The van der Waals surface area contributed by atoms with Crippen molar-refractivity contribution in [3.05, 3.63) is 0 Å². The molecule has 0 aliphatic carbocycles. The number of carbonyl (C=O) groups excluding carboxylic acids is 1. The summed E-state index contributed by atoms with van der Waals surface area (Å²) in [6, 6.07) is 0. The monoisotopic (exact) mass is 315 g/mol. The zero-order chi connectivity index (χ0) is 17.0. The zero-order valence-corrected chi connectivity index (χ0v) is 14.7. The summed E-state index contributed by atoms with van der Waals surface area (Å²) < 4.78 is 5.12. The molecule has 0 bridgehead atoms. The smallest absolute Gasteiger partial charge is 0.410 e. The fourth-order valence-corrected chi connectivity index (χ4v) is 2.72. The van der Waals surface area contributed by atoms with Crippen molar-refractivity contribution >= 4 is 12.1 Å². The lowest BCUT2D eigenvalue weighted by molar-refractivity contribution is -0.151. The van der Waals surface area contributed by atoms with Crippen molar-refractivity contribution in [1.29, 1.82) is 0 Å². The predicted molar refractivity (Wildman–Crippen MR) is 88.1 cm³/mol. The highest BCUT2D eigenvalue weighted by Gasteiger charge is 2.45. The topological polar surface area (TPSA) is 66.8 Å². The van der Waals surface area contributed by atoms with Crippen molar-refractivity contribution < 1.29 is 19.4 Å². The number of hydrogen-bond donors (Lipinski definition) is 1. The lowest BCUT2D eigenvalue weighted by Crippen LogP contribution is -2.57. The molecule has 0 aromatic carbocycles. The van der Waals surface area contributed by atoms with E-state index in [1.807, 2.05) is 13.8 Å². The minimum Gasteiger partial charge on any atom is -0.479 e. The molecule has 5 heteroatoms. The highest BCUT2D eigenvalue weighted by Crippen LogP contribution is 2.28. The van der Waals surface area contributed by atoms with Crippen LogP contribution in [0.3, 0.4) is 0 Å². The Hall–Kier alpha value is -1.26. The summed E-state index contributed by atoms with van der Waals surface area (Å²) in [5.41, 5.74) is -1.14. The molecule has 0 fully saturated rings. The Balaban J connectivity index is 5.23. The van der Waals surface area contributed by atoms with Crippen LogP contribution in [0.15, 0.2) is 0 Å². The molecule has 1 amide bonds. The van der Waals surface area contributed by atoms with Gasteiger partial charge in [-0.1, -0.05) is 52.9 Å². The standard InChI is InChI=1S/C17H33NO4/c1-5-9-11-12-14-18(16(21)22-8-4)17(7-3,15(19)20)13-10-6-2/h5-14H2,1-4H3,(H,19,20). The van der Waals surface area contributed by atoms with Crippen LogP contribution in [0.2, 0.25) is 0 Å². The maximum Gasteiger partial charge on any atom is 0.410 e. The fraction of sp³-hybridized carbons (Fsp3) is 0.882. The first-order valence-corrected chi connectivity index (χ1v) is 8.67. The van der Waals surface area contributed by atoms with Gasteiger partial charge in [-0.15, -0.1) is 0 Å². The average molecular weight is 315 g/mol. The number of rotatable bonds is 12. The fourth-order valence-electron chi connectivity index (χ4n) is 2.72. The Kier molecular flexibility index (Phi) is 10.7. The minimum atomic E-state index is -1.14. The average Bonchev–Trinajstić information content (AvgIpc) is 2.49. The molecule has 1 atom stereocenters. The molecule has 22 heavy (non-hydrogen) atoms. The zero-order valence-electron chi connectivity index (χ0n) is 14.7. The van der Waals surface area contributed by atoms with Crippen LogP contribution in [0.4, 0.5) is 4.79 Å². The third-order valence-corrected chi connectivity index (χ3v) is 4.17. The lowest BCUT2D eigenvalue weighted by Gasteiger charge is -2.39. The molecule has 0 rings (SSSR count). The van der Waals surface area contributed by atoms with Crippen molar-refractivity contribution in [3.63, 3.8) is 0 Å². The summed E-state index contributed by atoms with van der Waals surface area (Å²) >= 11 is 0. The van der Waals surface area contributed by atoms with Gasteiger partial charge in [0.05, 0.1) is 6.61 Å². The highest BCUT2D eigenvalue weighted by atomic mass is 16.6. The van der Waals surface area contributed by atoms with Crippen LogP contribution in [0.25, 0.3) is 0 Å². The van der Waals surface area contributed by atoms with E-state index in [2.05, 4.69) is 6.92 Å². The van der Waals surface area contributed by atoms with E-state index < -0.39 is 17.6 Å². The van der Waals surface area contributed by atoms with Gasteiger partial charge in [-0.3, -0.25) is 4.90 Å². The van der Waals surface area contributed by atoms with Gasteiger partial charge in [-0.05, 0) is 26.2 Å². The van der Waals surface area contributed by atoms with Gasteiger partial charge in [-0.2, -0.15) is 0 Å². The highest BCUT2D eigenvalue weighted by molar-refractivity contribution is 5.84. The molecule has 0 aromatic rings. The van der Waals surface area contributed by atoms with Gasteiger partial charge >= 0.3 is 12.1 Å². The van der Waals surface area contributed by atoms with E-state index in [0.717, 1.165) is 38.5 Å². The Bertz CT molecular complexity index is 333. The Morgan fingerprint density at radius 2 is 1.64 bits per heavy atom. The third-order valence-electron chi connectivity index (χ3n) is 4.17. The quantitative estimate of drug-likeness (QED) is 0.540. The van der Waals surface area contributed by atoms with E-state index >= 15 is 0 Å². The van der Waals surface area contributed by atoms with Crippen LogP contribution in [-0.4, -0.2) is 40.8 Å². The first-order chi connectivity index (χ1) is 10.5. The number of carboxylic acids is 1. The summed E-state index contributed by atoms with van der Waals surface area (Å²) in [5, 5.41) is 9.79. The molecule has 130 valence electrons. The molecule has 0 aromatic heterocycles. The minimum absolute atomic E-state index is 0.261. The molecule has 0 spiro atoms. The van der Waals surface area contributed by atoms with Gasteiger partial charge in [-0.25, -0.2) is 9.59 Å². The van der Waals surface area contributed by atoms with Crippen molar-refractivity contribution in [2.75, 3.05) is 13.2 Å². The van der Waals surface area contributed by atoms with Crippen LogP contribution in [0.1, 0.15) is 79.1 Å². The third kappa shape index (κ3) is 5.85. The van der Waals surface area contributed by atoms with Crippen molar-refractivity contribution in [1.82, 2.24) is 4.90 Å². The molecule has 0 heterocycles. The summed E-state index contributed by atoms with van der Waals surface area (Å²) in [6.07, 6.45) is 6.07. The number of hydrogen-bond acceptors (Lipinski definition) is 3. The Labute approximate surface area is 135 Å². The van der Waals surface area contributed by atoms with Gasteiger partial charge in [0.1, 0.15) is 5.54 Å². The molecular weight excluding hydrogens is 282 g/mol. The SMILES string of the molecule is CCCCCCN(C(=O)OCC)C(CC)(CCCC)C(=O)O. The Morgan fingerprint density at radius 3 is 2.09 bits per heavy atom. The van der Waals surface area contributed by atoms with Crippen molar-refractivity contribution in [2.45, 2.75) is 84.6 Å². The van der Waals surface area contributed by atoms with Gasteiger partial charge in [0.25, 0.3) is 0 Å². The molecular formula is C17H33NO4. The maximum atomic E-state index is 12.3. The van der Waals surface area contributed by atoms with Crippen LogP contribution in [0, 0.1) is 0 Å². The van der Waals surface area contributed by atoms with E-state index in [0.29, 0.717) is 19.4 Å². The first kappa shape index (κ1) is 20.7. The molecule has 1 unspecified atom stereocenters. The number of carboxylic acid groups (broad SMARTS) is 1. The van der Waals surface area contributed by atoms with E-state index in [9.17, 15) is 14.7 Å². The predicted octanol–water partition coefficient (Wildman–Crippen LogP) is 4.45. The number of unbranched alkanes of at least 4 members (excludes halogenated alkanes) is 4. The summed E-state index contributed by atoms with van der Waals surface area (Å²) in [5.74, 6) is -0.924. The van der Waals surface area contributed by atoms with Gasteiger partial charge in [0, 0.05) is 6.54 Å². The van der Waals surface area contributed by atoms with Crippen molar-refractivity contribution in [3.8, 4) is 0 Å². The van der Waals surface area contributed by atoms with Gasteiger partial charge in [0.15, 0.2) is 0 Å². The first-order valence-electron chi connectivity index (χ1n) is 8.67. The van der Waals surface area contributed by atoms with E-state index in [4.69, 9.17) is 4.74 Å². The number of nitrogens with zero attached hydrogens (tertiary/aromatic N) is 1. The second-order valence-electron chi connectivity index (χ2n) is 5.71. The molecule has 5 nitrogen and oxygen atoms in total. The number of amides is 1. The van der Waals surface area contributed by atoms with Gasteiger partial charge in [0.2, 0.25) is 0 Å². The maximum absolute atomic E-state index is 12.3. The van der Waals surface area contributed by atoms with E-state index in [1.165, 1.54) is 4.90 Å². The molecule has 0 saturated carbocycles. The van der Waals surface area contributed by atoms with Crippen LogP contribution in [-0.2, 0) is 9.53 Å². The number of aliphatic carboxylic acids is 1. The van der Waals surface area contributed by atoms with E-state index in [1.54, 1.807) is 6.92 Å². The largest absolute Gasteiger partial charge is 0.479 e. The molecule has 1 N–H and O–H groups in total. The lowest BCUT2D eigenvalue weighted by atomic mass is 9.87. The Morgan fingerprint density at radius 1 is 1.00 bits per heavy atom. The number of ether oxygens (including phenoxy) is 1.